The van der Waals surface area contributed by atoms with Crippen molar-refractivity contribution in [1.82, 2.24) is 19.8 Å². The number of amides is 1. The lowest BCUT2D eigenvalue weighted by Crippen LogP contribution is -2.31. The fourth-order valence-corrected chi connectivity index (χ4v) is 1.90. The first-order valence-electron chi connectivity index (χ1n) is 6.70. The molecular formula is C13H24N4O. The van der Waals surface area contributed by atoms with Crippen LogP contribution in [0.1, 0.15) is 32.9 Å². The Morgan fingerprint density at radius 2 is 2.11 bits per heavy atom. The number of hydrogen-bond donors (Lipinski definition) is 1. The molecule has 0 saturated heterocycles. The molecule has 0 unspecified atom stereocenters. The number of aromatic nitrogens is 2. The van der Waals surface area contributed by atoms with E-state index < -0.39 is 0 Å². The molecule has 1 aromatic rings. The lowest BCUT2D eigenvalue weighted by atomic mass is 10.3. The summed E-state index contributed by atoms with van der Waals surface area (Å²) in [5.74, 6) is 0.211. The largest absolute Gasteiger partial charge is 0.343 e. The van der Waals surface area contributed by atoms with Gasteiger partial charge in [-0.1, -0.05) is 6.92 Å². The zero-order valence-corrected chi connectivity index (χ0v) is 11.6. The fourth-order valence-electron chi connectivity index (χ4n) is 1.90. The number of carbonyl (C=O) groups is 1. The van der Waals surface area contributed by atoms with Crippen LogP contribution in [-0.4, -0.2) is 40.0 Å². The van der Waals surface area contributed by atoms with Crippen LogP contribution in [0.2, 0.25) is 0 Å². The van der Waals surface area contributed by atoms with Crippen LogP contribution in [0.25, 0.3) is 0 Å². The van der Waals surface area contributed by atoms with E-state index >= 15 is 0 Å². The van der Waals surface area contributed by atoms with E-state index in [-0.39, 0.29) is 5.91 Å². The van der Waals surface area contributed by atoms with Gasteiger partial charge >= 0.3 is 0 Å². The van der Waals surface area contributed by atoms with Gasteiger partial charge in [-0.05, 0) is 20.4 Å². The Kier molecular flexibility index (Phi) is 6.43. The van der Waals surface area contributed by atoms with Gasteiger partial charge in [0.05, 0.1) is 12.0 Å². The lowest BCUT2D eigenvalue weighted by molar-refractivity contribution is -0.131. The Morgan fingerprint density at radius 1 is 1.39 bits per heavy atom. The summed E-state index contributed by atoms with van der Waals surface area (Å²) in [7, 11) is 0. The highest BCUT2D eigenvalue weighted by molar-refractivity contribution is 5.76. The third kappa shape index (κ3) is 4.14. The third-order valence-corrected chi connectivity index (χ3v) is 3.04. The van der Waals surface area contributed by atoms with E-state index in [0.717, 1.165) is 31.9 Å². The normalized spacial score (nSPS) is 10.6. The standard InChI is InChI=1S/C13H24N4O/c1-4-14-9-12-10-15-11-17(12)8-7-13(18)16(5-2)6-3/h10-11,14H,4-9H2,1-3H3. The van der Waals surface area contributed by atoms with Crippen LogP contribution in [0.3, 0.4) is 0 Å². The second-order valence-corrected chi connectivity index (χ2v) is 4.17. The monoisotopic (exact) mass is 252 g/mol. The minimum atomic E-state index is 0.211. The van der Waals surface area contributed by atoms with Crippen LogP contribution in [0.5, 0.6) is 0 Å². The highest BCUT2D eigenvalue weighted by atomic mass is 16.2. The summed E-state index contributed by atoms with van der Waals surface area (Å²) < 4.78 is 2.05. The molecule has 0 fully saturated rings. The minimum absolute atomic E-state index is 0.211. The summed E-state index contributed by atoms with van der Waals surface area (Å²) in [5.41, 5.74) is 1.13. The molecule has 0 atom stereocenters. The van der Waals surface area contributed by atoms with E-state index in [1.54, 1.807) is 6.33 Å². The molecule has 0 bridgehead atoms. The number of nitrogens with one attached hydrogen (secondary N) is 1. The molecule has 18 heavy (non-hydrogen) atoms. The molecule has 1 aromatic heterocycles. The zero-order valence-electron chi connectivity index (χ0n) is 11.6. The van der Waals surface area contributed by atoms with Crippen LogP contribution in [0, 0.1) is 0 Å². The second-order valence-electron chi connectivity index (χ2n) is 4.17. The van der Waals surface area contributed by atoms with Crippen molar-refractivity contribution in [3.05, 3.63) is 18.2 Å². The molecule has 0 radical (unpaired) electrons. The second kappa shape index (κ2) is 7.87. The van der Waals surface area contributed by atoms with Gasteiger partial charge < -0.3 is 14.8 Å². The molecule has 5 nitrogen and oxygen atoms in total. The Morgan fingerprint density at radius 3 is 2.72 bits per heavy atom. The maximum atomic E-state index is 11.9. The van der Waals surface area contributed by atoms with E-state index in [0.29, 0.717) is 13.0 Å². The number of aryl methyl sites for hydroxylation is 1. The number of hydrogen-bond acceptors (Lipinski definition) is 3. The van der Waals surface area contributed by atoms with E-state index in [9.17, 15) is 4.79 Å². The van der Waals surface area contributed by atoms with Crippen molar-refractivity contribution in [2.75, 3.05) is 19.6 Å². The summed E-state index contributed by atoms with van der Waals surface area (Å²) in [6.07, 6.45) is 4.18. The first-order valence-corrected chi connectivity index (χ1v) is 6.70. The first-order chi connectivity index (χ1) is 8.72. The highest BCUT2D eigenvalue weighted by Crippen LogP contribution is 2.03. The van der Waals surface area contributed by atoms with Gasteiger partial charge in [-0.15, -0.1) is 0 Å². The molecule has 0 aliphatic heterocycles. The quantitative estimate of drug-likeness (QED) is 0.757. The van der Waals surface area contributed by atoms with Gasteiger partial charge in [-0.2, -0.15) is 0 Å². The molecular weight excluding hydrogens is 228 g/mol. The van der Waals surface area contributed by atoms with Crippen LogP contribution in [0.4, 0.5) is 0 Å². The predicted molar refractivity (Wildman–Crippen MR) is 72.2 cm³/mol. The maximum absolute atomic E-state index is 11.9. The van der Waals surface area contributed by atoms with Crippen LogP contribution >= 0.6 is 0 Å². The average molecular weight is 252 g/mol. The molecule has 0 aliphatic rings. The van der Waals surface area contributed by atoms with Crippen molar-refractivity contribution < 1.29 is 4.79 Å². The number of imidazole rings is 1. The fraction of sp³-hybridized carbons (Fsp3) is 0.692. The molecule has 0 saturated carbocycles. The van der Waals surface area contributed by atoms with Gasteiger partial charge in [-0.25, -0.2) is 4.98 Å². The molecule has 102 valence electrons. The van der Waals surface area contributed by atoms with Gasteiger partial charge in [0.2, 0.25) is 5.91 Å². The van der Waals surface area contributed by atoms with Crippen molar-refractivity contribution >= 4 is 5.91 Å². The lowest BCUT2D eigenvalue weighted by Gasteiger charge is -2.19. The summed E-state index contributed by atoms with van der Waals surface area (Å²) in [4.78, 5) is 17.9. The average Bonchev–Trinajstić information content (AvgIpc) is 2.82. The third-order valence-electron chi connectivity index (χ3n) is 3.04. The highest BCUT2D eigenvalue weighted by Gasteiger charge is 2.10. The molecule has 0 aromatic carbocycles. The Labute approximate surface area is 109 Å². The summed E-state index contributed by atoms with van der Waals surface area (Å²) >= 11 is 0. The molecule has 0 aliphatic carbocycles. The summed E-state index contributed by atoms with van der Waals surface area (Å²) in [6.45, 7) is 10.1. The Bertz CT molecular complexity index is 358. The Hall–Kier alpha value is -1.36. The van der Waals surface area contributed by atoms with Gasteiger partial charge in [0.15, 0.2) is 0 Å². The van der Waals surface area contributed by atoms with Crippen molar-refractivity contribution in [2.24, 2.45) is 0 Å². The maximum Gasteiger partial charge on any atom is 0.224 e. The van der Waals surface area contributed by atoms with Crippen LogP contribution in [-0.2, 0) is 17.9 Å². The van der Waals surface area contributed by atoms with Crippen LogP contribution in [0.15, 0.2) is 12.5 Å². The molecule has 1 heterocycles. The number of rotatable bonds is 8. The topological polar surface area (TPSA) is 50.2 Å². The molecule has 0 spiro atoms. The smallest absolute Gasteiger partial charge is 0.224 e. The minimum Gasteiger partial charge on any atom is -0.343 e. The zero-order chi connectivity index (χ0) is 13.4. The van der Waals surface area contributed by atoms with Crippen LogP contribution < -0.4 is 5.32 Å². The van der Waals surface area contributed by atoms with Gasteiger partial charge in [-0.3, -0.25) is 4.79 Å². The SMILES string of the molecule is CCNCc1cncn1CCC(=O)N(CC)CC. The molecule has 1 N–H and O–H groups in total. The van der Waals surface area contributed by atoms with Crippen molar-refractivity contribution in [3.8, 4) is 0 Å². The Balaban J connectivity index is 2.47. The molecule has 1 rings (SSSR count). The number of carbonyl (C=O) groups excluding carboxylic acids is 1. The van der Waals surface area contributed by atoms with Crippen molar-refractivity contribution in [1.29, 1.82) is 0 Å². The van der Waals surface area contributed by atoms with Gasteiger partial charge in [0, 0.05) is 38.8 Å². The first kappa shape index (κ1) is 14.7. The van der Waals surface area contributed by atoms with Crippen molar-refractivity contribution in [3.63, 3.8) is 0 Å². The van der Waals surface area contributed by atoms with E-state index in [2.05, 4.69) is 17.2 Å². The summed E-state index contributed by atoms with van der Waals surface area (Å²) in [6, 6.07) is 0. The van der Waals surface area contributed by atoms with Crippen molar-refractivity contribution in [2.45, 2.75) is 40.3 Å². The van der Waals surface area contributed by atoms with Gasteiger partial charge in [0.25, 0.3) is 0 Å². The summed E-state index contributed by atoms with van der Waals surface area (Å²) in [5, 5.41) is 3.27. The predicted octanol–water partition coefficient (Wildman–Crippen LogP) is 1.25. The number of nitrogens with zero attached hydrogens (tertiary/aromatic N) is 3. The molecule has 1 amide bonds. The van der Waals surface area contributed by atoms with E-state index in [1.165, 1.54) is 0 Å². The van der Waals surface area contributed by atoms with Gasteiger partial charge in [0.1, 0.15) is 0 Å². The van der Waals surface area contributed by atoms with E-state index in [1.807, 2.05) is 29.5 Å². The molecule has 5 heteroatoms. The van der Waals surface area contributed by atoms with E-state index in [4.69, 9.17) is 0 Å².